The van der Waals surface area contributed by atoms with Crippen molar-refractivity contribution in [1.29, 1.82) is 0 Å². The Hall–Kier alpha value is -3.48. The maximum atomic E-state index is 12.5. The SMILES string of the molecule is O=C(OCc1ccccc1)[C@H]1NC(=O)[C@H]1N1C(=O)c2ccccc2C1=O. The number of amides is 3. The van der Waals surface area contributed by atoms with E-state index in [0.29, 0.717) is 0 Å². The molecule has 7 nitrogen and oxygen atoms in total. The molecule has 1 N–H and O–H groups in total. The highest BCUT2D eigenvalue weighted by atomic mass is 16.5. The Morgan fingerprint density at radius 1 is 0.923 bits per heavy atom. The largest absolute Gasteiger partial charge is 0.459 e. The van der Waals surface area contributed by atoms with Gasteiger partial charge in [-0.3, -0.25) is 19.3 Å². The Labute approximate surface area is 148 Å². The Morgan fingerprint density at radius 2 is 1.50 bits per heavy atom. The Bertz CT molecular complexity index is 890. The number of fused-ring (bicyclic) bond motifs is 1. The lowest BCUT2D eigenvalue weighted by molar-refractivity contribution is -0.158. The average Bonchev–Trinajstić information content (AvgIpc) is 2.90. The highest BCUT2D eigenvalue weighted by molar-refractivity contribution is 6.24. The van der Waals surface area contributed by atoms with E-state index < -0.39 is 35.8 Å². The lowest BCUT2D eigenvalue weighted by Crippen LogP contribution is -2.72. The molecule has 0 radical (unpaired) electrons. The van der Waals surface area contributed by atoms with E-state index in [0.717, 1.165) is 10.5 Å². The third-order valence-corrected chi connectivity index (χ3v) is 4.46. The fourth-order valence-electron chi connectivity index (χ4n) is 3.11. The van der Waals surface area contributed by atoms with Crippen LogP contribution in [0.15, 0.2) is 54.6 Å². The van der Waals surface area contributed by atoms with Crippen molar-refractivity contribution in [3.63, 3.8) is 0 Å². The second-order valence-corrected chi connectivity index (χ2v) is 6.05. The van der Waals surface area contributed by atoms with E-state index in [-0.39, 0.29) is 17.7 Å². The van der Waals surface area contributed by atoms with Crippen LogP contribution in [0.1, 0.15) is 26.3 Å². The average molecular weight is 350 g/mol. The molecule has 0 unspecified atom stereocenters. The molecule has 2 heterocycles. The monoisotopic (exact) mass is 350 g/mol. The van der Waals surface area contributed by atoms with Gasteiger partial charge in [0.05, 0.1) is 11.1 Å². The van der Waals surface area contributed by atoms with Crippen molar-refractivity contribution >= 4 is 23.7 Å². The van der Waals surface area contributed by atoms with Crippen LogP contribution in [0.5, 0.6) is 0 Å². The molecule has 0 aromatic heterocycles. The van der Waals surface area contributed by atoms with Gasteiger partial charge in [0.1, 0.15) is 12.6 Å². The number of rotatable bonds is 4. The van der Waals surface area contributed by atoms with Crippen LogP contribution in [0.25, 0.3) is 0 Å². The molecule has 26 heavy (non-hydrogen) atoms. The number of benzene rings is 2. The summed E-state index contributed by atoms with van der Waals surface area (Å²) in [5.41, 5.74) is 1.26. The Morgan fingerprint density at radius 3 is 2.08 bits per heavy atom. The van der Waals surface area contributed by atoms with Crippen molar-refractivity contribution in [2.45, 2.75) is 18.7 Å². The molecule has 130 valence electrons. The van der Waals surface area contributed by atoms with Gasteiger partial charge in [-0.05, 0) is 17.7 Å². The van der Waals surface area contributed by atoms with Crippen LogP contribution in [0.3, 0.4) is 0 Å². The summed E-state index contributed by atoms with van der Waals surface area (Å²) < 4.78 is 5.21. The lowest BCUT2D eigenvalue weighted by atomic mass is 9.97. The first-order chi connectivity index (χ1) is 12.6. The molecule has 3 amide bonds. The van der Waals surface area contributed by atoms with E-state index in [2.05, 4.69) is 5.32 Å². The summed E-state index contributed by atoms with van der Waals surface area (Å²) in [5, 5.41) is 2.41. The van der Waals surface area contributed by atoms with Crippen molar-refractivity contribution in [3.8, 4) is 0 Å². The van der Waals surface area contributed by atoms with Gasteiger partial charge >= 0.3 is 5.97 Å². The smallest absolute Gasteiger partial charge is 0.331 e. The van der Waals surface area contributed by atoms with Gasteiger partial charge in [-0.2, -0.15) is 0 Å². The topological polar surface area (TPSA) is 92.8 Å². The quantitative estimate of drug-likeness (QED) is 0.502. The first-order valence-corrected chi connectivity index (χ1v) is 8.06. The predicted octanol–water partition coefficient (Wildman–Crippen LogP) is 0.893. The zero-order valence-corrected chi connectivity index (χ0v) is 13.5. The summed E-state index contributed by atoms with van der Waals surface area (Å²) in [6.07, 6.45) is 0. The Balaban J connectivity index is 1.50. The van der Waals surface area contributed by atoms with Crippen LogP contribution < -0.4 is 5.32 Å². The zero-order valence-electron chi connectivity index (χ0n) is 13.5. The molecule has 2 aromatic rings. The molecule has 4 rings (SSSR count). The number of hydrogen-bond donors (Lipinski definition) is 1. The number of β-lactam (4-membered cyclic amide) rings is 1. The summed E-state index contributed by atoms with van der Waals surface area (Å²) in [5.74, 6) is -2.39. The number of hydrogen-bond acceptors (Lipinski definition) is 5. The summed E-state index contributed by atoms with van der Waals surface area (Å²) in [6.45, 7) is 0.0425. The van der Waals surface area contributed by atoms with Gasteiger partial charge < -0.3 is 10.1 Å². The molecule has 2 atom stereocenters. The summed E-state index contributed by atoms with van der Waals surface area (Å²) in [6, 6.07) is 13.1. The highest BCUT2D eigenvalue weighted by Gasteiger charge is 2.55. The van der Waals surface area contributed by atoms with Gasteiger partial charge in [0.15, 0.2) is 6.04 Å². The first kappa shape index (κ1) is 16.0. The maximum absolute atomic E-state index is 12.5. The van der Waals surface area contributed by atoms with Gasteiger partial charge in [0.25, 0.3) is 11.8 Å². The van der Waals surface area contributed by atoms with Crippen LogP contribution in [0.4, 0.5) is 0 Å². The molecular formula is C19H14N2O5. The normalized spacial score (nSPS) is 21.1. The van der Waals surface area contributed by atoms with E-state index in [1.165, 1.54) is 12.1 Å². The maximum Gasteiger partial charge on any atom is 0.331 e. The first-order valence-electron chi connectivity index (χ1n) is 8.06. The van der Waals surface area contributed by atoms with Gasteiger partial charge in [0, 0.05) is 0 Å². The van der Waals surface area contributed by atoms with E-state index in [4.69, 9.17) is 4.74 Å². The standard InChI is InChI=1S/C19H14N2O5/c22-16-15(21-17(23)12-8-4-5-9-13(12)18(21)24)14(20-16)19(25)26-10-11-6-2-1-3-7-11/h1-9,14-15H,10H2,(H,20,22)/t14-,15-/m0/s1. The van der Waals surface area contributed by atoms with Crippen molar-refractivity contribution in [1.82, 2.24) is 10.2 Å². The minimum absolute atomic E-state index is 0.0425. The summed E-state index contributed by atoms with van der Waals surface area (Å²) in [7, 11) is 0. The second-order valence-electron chi connectivity index (χ2n) is 6.05. The fourth-order valence-corrected chi connectivity index (χ4v) is 3.11. The van der Waals surface area contributed by atoms with Crippen molar-refractivity contribution in [2.24, 2.45) is 0 Å². The fraction of sp³-hybridized carbons (Fsp3) is 0.158. The molecule has 1 saturated heterocycles. The van der Waals surface area contributed by atoms with E-state index in [9.17, 15) is 19.2 Å². The van der Waals surface area contributed by atoms with Gasteiger partial charge in [0.2, 0.25) is 5.91 Å². The van der Waals surface area contributed by atoms with Crippen LogP contribution in [0.2, 0.25) is 0 Å². The van der Waals surface area contributed by atoms with Crippen LogP contribution >= 0.6 is 0 Å². The van der Waals surface area contributed by atoms with Crippen LogP contribution in [0, 0.1) is 0 Å². The molecule has 2 aliphatic rings. The van der Waals surface area contributed by atoms with Crippen LogP contribution in [-0.2, 0) is 20.9 Å². The van der Waals surface area contributed by atoms with E-state index in [1.807, 2.05) is 18.2 Å². The summed E-state index contributed by atoms with van der Waals surface area (Å²) in [4.78, 5) is 50.2. The molecule has 0 bridgehead atoms. The summed E-state index contributed by atoms with van der Waals surface area (Å²) >= 11 is 0. The molecule has 0 aliphatic carbocycles. The number of ether oxygens (including phenoxy) is 1. The predicted molar refractivity (Wildman–Crippen MR) is 88.9 cm³/mol. The minimum atomic E-state index is -1.19. The van der Waals surface area contributed by atoms with Gasteiger partial charge in [-0.15, -0.1) is 0 Å². The third kappa shape index (κ3) is 2.45. The van der Waals surface area contributed by atoms with Crippen molar-refractivity contribution in [2.75, 3.05) is 0 Å². The number of nitrogens with zero attached hydrogens (tertiary/aromatic N) is 1. The van der Waals surface area contributed by atoms with Gasteiger partial charge in [-0.1, -0.05) is 42.5 Å². The number of nitrogens with one attached hydrogen (secondary N) is 1. The third-order valence-electron chi connectivity index (χ3n) is 4.46. The number of esters is 1. The van der Waals surface area contributed by atoms with E-state index >= 15 is 0 Å². The zero-order chi connectivity index (χ0) is 18.3. The molecule has 0 spiro atoms. The Kier molecular flexibility index (Phi) is 3.76. The highest BCUT2D eigenvalue weighted by Crippen LogP contribution is 2.28. The molecule has 2 aromatic carbocycles. The molecule has 0 saturated carbocycles. The molecule has 7 heteroatoms. The number of carbonyl (C=O) groups excluding carboxylic acids is 4. The van der Waals surface area contributed by atoms with Crippen molar-refractivity contribution in [3.05, 3.63) is 71.3 Å². The number of carbonyl (C=O) groups is 4. The molecule has 2 aliphatic heterocycles. The van der Waals surface area contributed by atoms with Crippen molar-refractivity contribution < 1.29 is 23.9 Å². The van der Waals surface area contributed by atoms with Crippen LogP contribution in [-0.4, -0.2) is 40.7 Å². The molecular weight excluding hydrogens is 336 g/mol. The lowest BCUT2D eigenvalue weighted by Gasteiger charge is -2.39. The van der Waals surface area contributed by atoms with E-state index in [1.54, 1.807) is 24.3 Å². The van der Waals surface area contributed by atoms with Gasteiger partial charge in [-0.25, -0.2) is 4.79 Å². The second kappa shape index (κ2) is 6.11. The number of imide groups is 1. The molecule has 1 fully saturated rings. The minimum Gasteiger partial charge on any atom is -0.459 e.